The lowest BCUT2D eigenvalue weighted by molar-refractivity contribution is 0.165. The number of fused-ring (bicyclic) bond motifs is 1. The highest BCUT2D eigenvalue weighted by Crippen LogP contribution is 2.33. The first kappa shape index (κ1) is 11.2. The van der Waals surface area contributed by atoms with Crippen LogP contribution in [0.15, 0.2) is 36.7 Å². The van der Waals surface area contributed by atoms with Crippen molar-refractivity contribution >= 4 is 5.82 Å². The average molecular weight is 241 g/mol. The number of aliphatic hydroxyl groups excluding tert-OH is 1. The molecule has 1 aromatic carbocycles. The summed E-state index contributed by atoms with van der Waals surface area (Å²) in [4.78, 5) is 8.46. The third-order valence-electron chi connectivity index (χ3n) is 3.26. The van der Waals surface area contributed by atoms with Crippen molar-refractivity contribution in [2.45, 2.75) is 25.5 Å². The molecule has 1 heterocycles. The molecular formula is C14H15N3O. The summed E-state index contributed by atoms with van der Waals surface area (Å²) in [5, 5.41) is 13.4. The highest BCUT2D eigenvalue weighted by Gasteiger charge is 2.30. The normalized spacial score (nSPS) is 21.7. The van der Waals surface area contributed by atoms with Crippen LogP contribution in [0.25, 0.3) is 0 Å². The first-order valence-corrected chi connectivity index (χ1v) is 6.05. The number of aliphatic hydroxyl groups is 1. The number of rotatable bonds is 2. The predicted octanol–water partition coefficient (Wildman–Crippen LogP) is 1.86. The lowest BCUT2D eigenvalue weighted by Gasteiger charge is -2.18. The maximum Gasteiger partial charge on any atom is 0.145 e. The van der Waals surface area contributed by atoms with Crippen molar-refractivity contribution in [1.82, 2.24) is 9.97 Å². The topological polar surface area (TPSA) is 58.0 Å². The number of nitrogens with one attached hydrogen (secondary N) is 1. The summed E-state index contributed by atoms with van der Waals surface area (Å²) in [6.07, 6.45) is 3.67. The number of benzene rings is 1. The van der Waals surface area contributed by atoms with E-state index in [4.69, 9.17) is 0 Å². The van der Waals surface area contributed by atoms with E-state index in [0.29, 0.717) is 12.2 Å². The third kappa shape index (κ3) is 1.95. The van der Waals surface area contributed by atoms with Crippen LogP contribution in [-0.4, -0.2) is 21.2 Å². The van der Waals surface area contributed by atoms with Crippen molar-refractivity contribution in [3.05, 3.63) is 53.5 Å². The molecule has 4 nitrogen and oxygen atoms in total. The zero-order valence-electron chi connectivity index (χ0n) is 10.2. The molecule has 18 heavy (non-hydrogen) atoms. The maximum absolute atomic E-state index is 10.1. The molecule has 4 heteroatoms. The molecule has 3 rings (SSSR count). The van der Waals surface area contributed by atoms with E-state index in [1.807, 2.05) is 25.1 Å². The van der Waals surface area contributed by atoms with E-state index in [0.717, 1.165) is 11.3 Å². The molecule has 92 valence electrons. The molecule has 0 unspecified atom stereocenters. The summed E-state index contributed by atoms with van der Waals surface area (Å²) >= 11 is 0. The van der Waals surface area contributed by atoms with E-state index >= 15 is 0 Å². The largest absolute Gasteiger partial charge is 0.390 e. The molecule has 1 aromatic heterocycles. The second-order valence-corrected chi connectivity index (χ2v) is 4.64. The lowest BCUT2D eigenvalue weighted by atomic mass is 10.1. The van der Waals surface area contributed by atoms with Gasteiger partial charge in [-0.15, -0.1) is 0 Å². The van der Waals surface area contributed by atoms with Crippen molar-refractivity contribution < 1.29 is 5.11 Å². The molecule has 0 radical (unpaired) electrons. The highest BCUT2D eigenvalue weighted by molar-refractivity contribution is 5.44. The molecular weight excluding hydrogens is 226 g/mol. The minimum Gasteiger partial charge on any atom is -0.390 e. The molecule has 0 bridgehead atoms. The van der Waals surface area contributed by atoms with Crippen LogP contribution in [0, 0.1) is 6.92 Å². The Morgan fingerprint density at radius 3 is 2.94 bits per heavy atom. The molecule has 2 aromatic rings. The number of hydrogen-bond acceptors (Lipinski definition) is 4. The Morgan fingerprint density at radius 2 is 2.11 bits per heavy atom. The Hall–Kier alpha value is -1.94. The molecule has 0 fully saturated rings. The summed E-state index contributed by atoms with van der Waals surface area (Å²) in [6, 6.07) is 8.00. The molecule has 0 aliphatic heterocycles. The SMILES string of the molecule is Cc1cncc(N[C@@H]2c3ccccc3C[C@@H]2O)n1. The monoisotopic (exact) mass is 241 g/mol. The van der Waals surface area contributed by atoms with E-state index < -0.39 is 6.10 Å². The van der Waals surface area contributed by atoms with Crippen LogP contribution in [-0.2, 0) is 6.42 Å². The Morgan fingerprint density at radius 1 is 1.28 bits per heavy atom. The standard InChI is InChI=1S/C14H15N3O/c1-9-7-15-8-13(16-9)17-14-11-5-3-2-4-10(11)6-12(14)18/h2-5,7-8,12,14,18H,6H2,1H3,(H,16,17)/t12-,14+/m0/s1. The third-order valence-corrected chi connectivity index (χ3v) is 3.26. The number of anilines is 1. The van der Waals surface area contributed by atoms with E-state index in [1.54, 1.807) is 12.4 Å². The van der Waals surface area contributed by atoms with Crippen LogP contribution in [0.3, 0.4) is 0 Å². The fourth-order valence-electron chi connectivity index (χ4n) is 2.44. The van der Waals surface area contributed by atoms with Gasteiger partial charge < -0.3 is 10.4 Å². The van der Waals surface area contributed by atoms with Crippen molar-refractivity contribution in [1.29, 1.82) is 0 Å². The van der Waals surface area contributed by atoms with Gasteiger partial charge in [0.1, 0.15) is 5.82 Å². The second-order valence-electron chi connectivity index (χ2n) is 4.64. The zero-order valence-corrected chi connectivity index (χ0v) is 10.2. The van der Waals surface area contributed by atoms with Gasteiger partial charge in [-0.25, -0.2) is 4.98 Å². The Bertz CT molecular complexity index is 570. The summed E-state index contributed by atoms with van der Waals surface area (Å²) in [5.41, 5.74) is 3.21. The Balaban J connectivity index is 1.89. The minimum absolute atomic E-state index is 0.0997. The van der Waals surface area contributed by atoms with E-state index in [9.17, 15) is 5.11 Å². The molecule has 0 saturated carbocycles. The molecule has 2 N–H and O–H groups in total. The van der Waals surface area contributed by atoms with Gasteiger partial charge in [0.05, 0.1) is 24.0 Å². The van der Waals surface area contributed by atoms with Gasteiger partial charge in [0.25, 0.3) is 0 Å². The number of aromatic nitrogens is 2. The van der Waals surface area contributed by atoms with Crippen LogP contribution in [0.2, 0.25) is 0 Å². The van der Waals surface area contributed by atoms with Crippen LogP contribution < -0.4 is 5.32 Å². The van der Waals surface area contributed by atoms with Gasteiger partial charge in [0.15, 0.2) is 0 Å². The van der Waals surface area contributed by atoms with Gasteiger partial charge in [0.2, 0.25) is 0 Å². The molecule has 1 aliphatic carbocycles. The molecule has 2 atom stereocenters. The van der Waals surface area contributed by atoms with Crippen LogP contribution in [0.1, 0.15) is 22.9 Å². The first-order valence-electron chi connectivity index (χ1n) is 6.05. The predicted molar refractivity (Wildman–Crippen MR) is 69.3 cm³/mol. The van der Waals surface area contributed by atoms with Gasteiger partial charge in [-0.2, -0.15) is 0 Å². The van der Waals surface area contributed by atoms with Crippen molar-refractivity contribution in [2.24, 2.45) is 0 Å². The first-order chi connectivity index (χ1) is 8.74. The molecule has 1 aliphatic rings. The molecule has 0 spiro atoms. The van der Waals surface area contributed by atoms with Gasteiger partial charge >= 0.3 is 0 Å². The van der Waals surface area contributed by atoms with Gasteiger partial charge in [0, 0.05) is 12.6 Å². The van der Waals surface area contributed by atoms with Gasteiger partial charge in [-0.05, 0) is 18.1 Å². The van der Waals surface area contributed by atoms with E-state index in [-0.39, 0.29) is 6.04 Å². The minimum atomic E-state index is -0.412. The highest BCUT2D eigenvalue weighted by atomic mass is 16.3. The summed E-state index contributed by atoms with van der Waals surface area (Å²) in [7, 11) is 0. The molecule has 0 amide bonds. The van der Waals surface area contributed by atoms with E-state index in [1.165, 1.54) is 5.56 Å². The lowest BCUT2D eigenvalue weighted by Crippen LogP contribution is -2.21. The summed E-state index contributed by atoms with van der Waals surface area (Å²) in [6.45, 7) is 1.90. The summed E-state index contributed by atoms with van der Waals surface area (Å²) < 4.78 is 0. The van der Waals surface area contributed by atoms with Crippen molar-refractivity contribution in [2.75, 3.05) is 5.32 Å². The zero-order chi connectivity index (χ0) is 12.5. The molecule has 0 saturated heterocycles. The van der Waals surface area contributed by atoms with Crippen molar-refractivity contribution in [3.63, 3.8) is 0 Å². The Kier molecular flexibility index (Phi) is 2.72. The fraction of sp³-hybridized carbons (Fsp3) is 0.286. The van der Waals surface area contributed by atoms with Gasteiger partial charge in [-0.1, -0.05) is 24.3 Å². The fourth-order valence-corrected chi connectivity index (χ4v) is 2.44. The average Bonchev–Trinajstić information content (AvgIpc) is 2.66. The summed E-state index contributed by atoms with van der Waals surface area (Å²) in [5.74, 6) is 0.704. The number of hydrogen-bond donors (Lipinski definition) is 2. The number of nitrogens with zero attached hydrogens (tertiary/aromatic N) is 2. The Labute approximate surface area is 106 Å². The second kappa shape index (κ2) is 4.38. The quantitative estimate of drug-likeness (QED) is 0.842. The van der Waals surface area contributed by atoms with Crippen LogP contribution >= 0.6 is 0 Å². The maximum atomic E-state index is 10.1. The van der Waals surface area contributed by atoms with Crippen LogP contribution in [0.5, 0.6) is 0 Å². The van der Waals surface area contributed by atoms with Crippen LogP contribution in [0.4, 0.5) is 5.82 Å². The number of aryl methyl sites for hydroxylation is 1. The smallest absolute Gasteiger partial charge is 0.145 e. The van der Waals surface area contributed by atoms with Gasteiger partial charge in [-0.3, -0.25) is 4.98 Å². The van der Waals surface area contributed by atoms with Crippen molar-refractivity contribution in [3.8, 4) is 0 Å². The van der Waals surface area contributed by atoms with E-state index in [2.05, 4.69) is 21.4 Å².